The van der Waals surface area contributed by atoms with Crippen molar-refractivity contribution < 1.29 is 19.1 Å². The SMILES string of the molecule is CCOc1cc(/C=N/NC(=O)[C@@H]2CC(=O)N(c3ccc(C)cc3)C2)ccc1OCc1ccccc1Cl. The Bertz CT molecular complexity index is 1260. The largest absolute Gasteiger partial charge is 0.490 e. The molecule has 1 fully saturated rings. The summed E-state index contributed by atoms with van der Waals surface area (Å²) in [5.74, 6) is 0.319. The molecule has 36 heavy (non-hydrogen) atoms. The number of anilines is 1. The molecule has 4 rings (SSSR count). The number of carbonyl (C=O) groups is 2. The molecule has 1 aliphatic heterocycles. The van der Waals surface area contributed by atoms with Crippen molar-refractivity contribution in [3.05, 3.63) is 88.4 Å². The van der Waals surface area contributed by atoms with Crippen molar-refractivity contribution in [2.45, 2.75) is 26.9 Å². The van der Waals surface area contributed by atoms with Crippen molar-refractivity contribution in [1.82, 2.24) is 5.43 Å². The van der Waals surface area contributed by atoms with Crippen LogP contribution in [0.4, 0.5) is 5.69 Å². The molecule has 1 saturated heterocycles. The van der Waals surface area contributed by atoms with Crippen LogP contribution in [0.5, 0.6) is 11.5 Å². The average molecular weight is 506 g/mol. The van der Waals surface area contributed by atoms with Crippen LogP contribution >= 0.6 is 11.6 Å². The number of carbonyl (C=O) groups excluding carboxylic acids is 2. The van der Waals surface area contributed by atoms with Crippen LogP contribution in [-0.2, 0) is 16.2 Å². The Morgan fingerprint density at radius 2 is 1.89 bits per heavy atom. The Hall–Kier alpha value is -3.84. The summed E-state index contributed by atoms with van der Waals surface area (Å²) in [6.07, 6.45) is 1.69. The van der Waals surface area contributed by atoms with Crippen LogP contribution in [0, 0.1) is 12.8 Å². The maximum Gasteiger partial charge on any atom is 0.245 e. The quantitative estimate of drug-likeness (QED) is 0.323. The van der Waals surface area contributed by atoms with Gasteiger partial charge >= 0.3 is 0 Å². The van der Waals surface area contributed by atoms with Crippen LogP contribution < -0.4 is 19.8 Å². The number of hydrogen-bond acceptors (Lipinski definition) is 5. The molecule has 3 aromatic rings. The normalized spacial score (nSPS) is 15.4. The van der Waals surface area contributed by atoms with E-state index in [1.807, 2.05) is 68.4 Å². The van der Waals surface area contributed by atoms with Gasteiger partial charge in [-0.15, -0.1) is 0 Å². The second-order valence-corrected chi connectivity index (χ2v) is 8.90. The minimum Gasteiger partial charge on any atom is -0.490 e. The molecule has 0 saturated carbocycles. The van der Waals surface area contributed by atoms with Gasteiger partial charge in [-0.05, 0) is 55.8 Å². The smallest absolute Gasteiger partial charge is 0.245 e. The second-order valence-electron chi connectivity index (χ2n) is 8.49. The maximum atomic E-state index is 12.6. The van der Waals surface area contributed by atoms with E-state index in [4.69, 9.17) is 21.1 Å². The Morgan fingerprint density at radius 1 is 1.11 bits per heavy atom. The number of halogens is 1. The fourth-order valence-corrected chi connectivity index (χ4v) is 4.07. The summed E-state index contributed by atoms with van der Waals surface area (Å²) in [6, 6.07) is 20.6. The molecule has 1 N–H and O–H groups in total. The lowest BCUT2D eigenvalue weighted by molar-refractivity contribution is -0.126. The number of amides is 2. The number of ether oxygens (including phenoxy) is 2. The highest BCUT2D eigenvalue weighted by Gasteiger charge is 2.35. The Labute approximate surface area is 215 Å². The van der Waals surface area contributed by atoms with Gasteiger partial charge in [0.2, 0.25) is 11.8 Å². The minimum atomic E-state index is -0.462. The Morgan fingerprint density at radius 3 is 2.64 bits per heavy atom. The molecule has 3 aromatic carbocycles. The number of rotatable bonds is 9. The zero-order valence-corrected chi connectivity index (χ0v) is 21.0. The van der Waals surface area contributed by atoms with E-state index in [0.29, 0.717) is 36.3 Å². The monoisotopic (exact) mass is 505 g/mol. The van der Waals surface area contributed by atoms with Crippen molar-refractivity contribution >= 4 is 35.3 Å². The summed E-state index contributed by atoms with van der Waals surface area (Å²) in [5, 5.41) is 4.73. The number of aryl methyl sites for hydroxylation is 1. The predicted molar refractivity (Wildman–Crippen MR) is 141 cm³/mol. The number of hydrogen-bond donors (Lipinski definition) is 1. The van der Waals surface area contributed by atoms with Gasteiger partial charge in [0.1, 0.15) is 6.61 Å². The fraction of sp³-hybridized carbons (Fsp3) is 0.250. The topological polar surface area (TPSA) is 80.2 Å². The standard InChI is InChI=1S/C28H28ClN3O4/c1-3-35-26-14-20(10-13-25(26)36-18-21-6-4-5-7-24(21)29)16-30-31-28(34)22-15-27(33)32(17-22)23-11-8-19(2)9-12-23/h4-14,16,22H,3,15,17-18H2,1-2H3,(H,31,34)/b30-16+/t22-/m1/s1. The van der Waals surface area contributed by atoms with Gasteiger partial charge in [0, 0.05) is 29.2 Å². The fourth-order valence-electron chi connectivity index (χ4n) is 3.88. The summed E-state index contributed by atoms with van der Waals surface area (Å²) >= 11 is 6.21. The van der Waals surface area contributed by atoms with Crippen LogP contribution in [0.15, 0.2) is 71.8 Å². The first-order valence-corrected chi connectivity index (χ1v) is 12.2. The number of nitrogens with zero attached hydrogens (tertiary/aromatic N) is 2. The lowest BCUT2D eigenvalue weighted by atomic mass is 10.1. The van der Waals surface area contributed by atoms with E-state index < -0.39 is 5.92 Å². The molecule has 8 heteroatoms. The molecule has 7 nitrogen and oxygen atoms in total. The van der Waals surface area contributed by atoms with E-state index in [9.17, 15) is 9.59 Å². The Kier molecular flexibility index (Phi) is 8.23. The van der Waals surface area contributed by atoms with Crippen LogP contribution in [0.25, 0.3) is 0 Å². The van der Waals surface area contributed by atoms with Gasteiger partial charge in [-0.1, -0.05) is 47.5 Å². The summed E-state index contributed by atoms with van der Waals surface area (Å²) < 4.78 is 11.7. The molecule has 1 atom stereocenters. The first kappa shape index (κ1) is 25.3. The van der Waals surface area contributed by atoms with Crippen LogP contribution in [-0.4, -0.2) is 31.2 Å². The maximum absolute atomic E-state index is 12.6. The van der Waals surface area contributed by atoms with Gasteiger partial charge in [0.25, 0.3) is 0 Å². The molecule has 0 bridgehead atoms. The van der Waals surface area contributed by atoms with Gasteiger partial charge in [0.05, 0.1) is 18.7 Å². The summed E-state index contributed by atoms with van der Waals surface area (Å²) in [6.45, 7) is 4.98. The van der Waals surface area contributed by atoms with Gasteiger partial charge in [-0.25, -0.2) is 5.43 Å². The second kappa shape index (κ2) is 11.7. The van der Waals surface area contributed by atoms with Crippen molar-refractivity contribution in [3.8, 4) is 11.5 Å². The first-order valence-electron chi connectivity index (χ1n) is 11.8. The van der Waals surface area contributed by atoms with Crippen LogP contribution in [0.1, 0.15) is 30.0 Å². The number of benzene rings is 3. The van der Waals surface area contributed by atoms with E-state index in [1.165, 1.54) is 6.21 Å². The van der Waals surface area contributed by atoms with Gasteiger partial charge < -0.3 is 14.4 Å². The molecule has 0 aromatic heterocycles. The highest BCUT2D eigenvalue weighted by Crippen LogP contribution is 2.30. The van der Waals surface area contributed by atoms with E-state index >= 15 is 0 Å². The summed E-state index contributed by atoms with van der Waals surface area (Å²) in [5.41, 5.74) is 6.07. The third kappa shape index (κ3) is 6.23. The molecule has 0 unspecified atom stereocenters. The molecular weight excluding hydrogens is 478 g/mol. The Balaban J connectivity index is 1.36. The number of nitrogens with one attached hydrogen (secondary N) is 1. The number of hydrazone groups is 1. The molecule has 1 heterocycles. The molecular formula is C28H28ClN3O4. The highest BCUT2D eigenvalue weighted by atomic mass is 35.5. The van der Waals surface area contributed by atoms with Crippen LogP contribution in [0.2, 0.25) is 5.02 Å². The molecule has 2 amide bonds. The van der Waals surface area contributed by atoms with Gasteiger partial charge in [-0.2, -0.15) is 5.10 Å². The van der Waals surface area contributed by atoms with Crippen molar-refractivity contribution in [3.63, 3.8) is 0 Å². The van der Waals surface area contributed by atoms with Crippen LogP contribution in [0.3, 0.4) is 0 Å². The zero-order chi connectivity index (χ0) is 25.5. The summed E-state index contributed by atoms with van der Waals surface area (Å²) in [4.78, 5) is 26.7. The lowest BCUT2D eigenvalue weighted by Crippen LogP contribution is -2.30. The van der Waals surface area contributed by atoms with E-state index in [0.717, 1.165) is 22.4 Å². The molecule has 0 radical (unpaired) electrons. The lowest BCUT2D eigenvalue weighted by Gasteiger charge is -2.16. The average Bonchev–Trinajstić information content (AvgIpc) is 3.26. The van der Waals surface area contributed by atoms with Crippen molar-refractivity contribution in [2.75, 3.05) is 18.1 Å². The van der Waals surface area contributed by atoms with E-state index in [2.05, 4.69) is 10.5 Å². The third-order valence-electron chi connectivity index (χ3n) is 5.84. The highest BCUT2D eigenvalue weighted by molar-refractivity contribution is 6.31. The first-order chi connectivity index (χ1) is 17.4. The molecule has 186 valence electrons. The third-order valence-corrected chi connectivity index (χ3v) is 6.21. The van der Waals surface area contributed by atoms with Gasteiger partial charge in [-0.3, -0.25) is 9.59 Å². The molecule has 0 aliphatic carbocycles. The molecule has 1 aliphatic rings. The van der Waals surface area contributed by atoms with E-state index in [-0.39, 0.29) is 18.2 Å². The summed E-state index contributed by atoms with van der Waals surface area (Å²) in [7, 11) is 0. The molecule has 0 spiro atoms. The zero-order valence-electron chi connectivity index (χ0n) is 20.2. The predicted octanol–water partition coefficient (Wildman–Crippen LogP) is 5.13. The minimum absolute atomic E-state index is 0.0725. The van der Waals surface area contributed by atoms with Crippen molar-refractivity contribution in [1.29, 1.82) is 0 Å². The van der Waals surface area contributed by atoms with E-state index in [1.54, 1.807) is 17.0 Å². The van der Waals surface area contributed by atoms with Crippen molar-refractivity contribution in [2.24, 2.45) is 11.0 Å². The van der Waals surface area contributed by atoms with Gasteiger partial charge in [0.15, 0.2) is 11.5 Å².